The van der Waals surface area contributed by atoms with Gasteiger partial charge < -0.3 is 5.32 Å². The second-order valence-corrected chi connectivity index (χ2v) is 6.04. The van der Waals surface area contributed by atoms with E-state index in [0.29, 0.717) is 21.4 Å². The van der Waals surface area contributed by atoms with E-state index < -0.39 is 0 Å². The fourth-order valence-corrected chi connectivity index (χ4v) is 2.83. The third kappa shape index (κ3) is 3.42. The average Bonchev–Trinajstić information content (AvgIpc) is 3.05. The number of nitrogens with zero attached hydrogens (tertiary/aromatic N) is 3. The molecule has 0 fully saturated rings. The van der Waals surface area contributed by atoms with Crippen LogP contribution in [0, 0.1) is 0 Å². The van der Waals surface area contributed by atoms with Crippen molar-refractivity contribution in [3.63, 3.8) is 0 Å². The number of halogens is 2. The standard InChI is InChI=1S/C17H14Cl2N4O/c1-11(14-9-13(18)4-5-15(14)19)23-16(6-8-21-23)22-17(24)12-3-2-7-20-10-12/h2-11H,1H3,(H,22,24)/t11-/m0/s1. The minimum atomic E-state index is -0.255. The number of benzene rings is 1. The minimum Gasteiger partial charge on any atom is -0.307 e. The highest BCUT2D eigenvalue weighted by atomic mass is 35.5. The molecule has 2 heterocycles. The smallest absolute Gasteiger partial charge is 0.258 e. The Labute approximate surface area is 149 Å². The van der Waals surface area contributed by atoms with Crippen LogP contribution in [-0.4, -0.2) is 20.7 Å². The molecular weight excluding hydrogens is 347 g/mol. The van der Waals surface area contributed by atoms with Gasteiger partial charge in [0.2, 0.25) is 0 Å². The lowest BCUT2D eigenvalue weighted by Gasteiger charge is -2.18. The molecule has 122 valence electrons. The molecule has 3 rings (SSSR count). The molecule has 0 spiro atoms. The number of pyridine rings is 1. The summed E-state index contributed by atoms with van der Waals surface area (Å²) in [4.78, 5) is 16.3. The SMILES string of the molecule is C[C@@H](c1cc(Cl)ccc1Cl)n1nccc1NC(=O)c1cccnc1. The highest BCUT2D eigenvalue weighted by Crippen LogP contribution is 2.30. The molecule has 0 radical (unpaired) electrons. The lowest BCUT2D eigenvalue weighted by molar-refractivity contribution is 0.102. The van der Waals surface area contributed by atoms with Crippen LogP contribution in [0.2, 0.25) is 10.0 Å². The topological polar surface area (TPSA) is 59.8 Å². The van der Waals surface area contributed by atoms with Gasteiger partial charge in [-0.3, -0.25) is 9.78 Å². The highest BCUT2D eigenvalue weighted by Gasteiger charge is 2.17. The molecule has 5 nitrogen and oxygen atoms in total. The number of amides is 1. The molecule has 7 heteroatoms. The lowest BCUT2D eigenvalue weighted by atomic mass is 10.1. The zero-order valence-corrected chi connectivity index (χ0v) is 14.3. The van der Waals surface area contributed by atoms with Crippen LogP contribution in [0.4, 0.5) is 5.82 Å². The molecule has 3 aromatic rings. The molecule has 0 unspecified atom stereocenters. The Morgan fingerprint density at radius 1 is 1.21 bits per heavy atom. The maximum Gasteiger partial charge on any atom is 0.258 e. The Kier molecular flexibility index (Phi) is 4.83. The van der Waals surface area contributed by atoms with Gasteiger partial charge >= 0.3 is 0 Å². The van der Waals surface area contributed by atoms with Crippen molar-refractivity contribution in [1.29, 1.82) is 0 Å². The summed E-state index contributed by atoms with van der Waals surface area (Å²) in [6.07, 6.45) is 4.74. The maximum absolute atomic E-state index is 12.3. The second kappa shape index (κ2) is 7.03. The third-order valence-electron chi connectivity index (χ3n) is 3.61. The summed E-state index contributed by atoms with van der Waals surface area (Å²) in [6, 6.07) is 10.2. The van der Waals surface area contributed by atoms with Gasteiger partial charge in [-0.1, -0.05) is 23.2 Å². The summed E-state index contributed by atoms with van der Waals surface area (Å²) < 4.78 is 1.69. The van der Waals surface area contributed by atoms with Crippen LogP contribution < -0.4 is 5.32 Å². The summed E-state index contributed by atoms with van der Waals surface area (Å²) in [5, 5.41) is 8.31. The molecule has 1 amide bonds. The Morgan fingerprint density at radius 3 is 2.79 bits per heavy atom. The Balaban J connectivity index is 1.87. The van der Waals surface area contributed by atoms with E-state index in [1.807, 2.05) is 6.92 Å². The molecule has 0 aliphatic heterocycles. The Hall–Kier alpha value is -2.37. The number of anilines is 1. The van der Waals surface area contributed by atoms with Crippen molar-refractivity contribution in [1.82, 2.24) is 14.8 Å². The summed E-state index contributed by atoms with van der Waals surface area (Å²) in [6.45, 7) is 1.93. The van der Waals surface area contributed by atoms with Gasteiger partial charge in [-0.2, -0.15) is 5.10 Å². The highest BCUT2D eigenvalue weighted by molar-refractivity contribution is 6.33. The van der Waals surface area contributed by atoms with Gasteiger partial charge in [0.05, 0.1) is 17.8 Å². The van der Waals surface area contributed by atoms with Crippen molar-refractivity contribution in [3.05, 3.63) is 76.2 Å². The normalized spacial score (nSPS) is 12.0. The van der Waals surface area contributed by atoms with Crippen LogP contribution >= 0.6 is 23.2 Å². The predicted octanol–water partition coefficient (Wildman–Crippen LogP) is 4.45. The van der Waals surface area contributed by atoms with Crippen LogP contribution in [-0.2, 0) is 0 Å². The van der Waals surface area contributed by atoms with Crippen molar-refractivity contribution in [2.45, 2.75) is 13.0 Å². The van der Waals surface area contributed by atoms with E-state index in [4.69, 9.17) is 23.2 Å². The first-order valence-corrected chi connectivity index (χ1v) is 8.01. The monoisotopic (exact) mass is 360 g/mol. The number of nitrogens with one attached hydrogen (secondary N) is 1. The Bertz CT molecular complexity index is 864. The molecular formula is C17H14Cl2N4O. The molecule has 0 aliphatic carbocycles. The van der Waals surface area contributed by atoms with Crippen molar-refractivity contribution in [3.8, 4) is 0 Å². The van der Waals surface area contributed by atoms with Crippen molar-refractivity contribution < 1.29 is 4.79 Å². The van der Waals surface area contributed by atoms with Crippen LogP contribution in [0.5, 0.6) is 0 Å². The Morgan fingerprint density at radius 2 is 2.04 bits per heavy atom. The summed E-state index contributed by atoms with van der Waals surface area (Å²) in [5.41, 5.74) is 1.29. The van der Waals surface area contributed by atoms with Crippen molar-refractivity contribution in [2.24, 2.45) is 0 Å². The van der Waals surface area contributed by atoms with Crippen LogP contribution in [0.15, 0.2) is 55.0 Å². The molecule has 0 saturated heterocycles. The zero-order chi connectivity index (χ0) is 17.1. The van der Waals surface area contributed by atoms with Gasteiger partial charge in [-0.05, 0) is 42.8 Å². The number of carbonyl (C=O) groups excluding carboxylic acids is 1. The first-order chi connectivity index (χ1) is 11.6. The predicted molar refractivity (Wildman–Crippen MR) is 94.7 cm³/mol. The maximum atomic E-state index is 12.3. The second-order valence-electron chi connectivity index (χ2n) is 5.20. The van der Waals surface area contributed by atoms with Crippen molar-refractivity contribution >= 4 is 34.9 Å². The number of hydrogen-bond donors (Lipinski definition) is 1. The van der Waals surface area contributed by atoms with Crippen LogP contribution in [0.1, 0.15) is 28.9 Å². The molecule has 1 aromatic carbocycles. The van der Waals surface area contributed by atoms with Gasteiger partial charge in [0, 0.05) is 28.5 Å². The summed E-state index contributed by atoms with van der Waals surface area (Å²) in [5.74, 6) is 0.307. The van der Waals surface area contributed by atoms with E-state index in [1.54, 1.807) is 53.5 Å². The van der Waals surface area contributed by atoms with Crippen LogP contribution in [0.25, 0.3) is 0 Å². The van der Waals surface area contributed by atoms with E-state index in [0.717, 1.165) is 5.56 Å². The number of carbonyl (C=O) groups is 1. The summed E-state index contributed by atoms with van der Waals surface area (Å²) in [7, 11) is 0. The fourth-order valence-electron chi connectivity index (χ4n) is 2.37. The van der Waals surface area contributed by atoms with Gasteiger partial charge in [0.15, 0.2) is 0 Å². The molecule has 0 bridgehead atoms. The first kappa shape index (κ1) is 16.5. The largest absolute Gasteiger partial charge is 0.307 e. The van der Waals surface area contributed by atoms with E-state index >= 15 is 0 Å². The average molecular weight is 361 g/mol. The third-order valence-corrected chi connectivity index (χ3v) is 4.19. The van der Waals surface area contributed by atoms with E-state index in [1.165, 1.54) is 6.20 Å². The van der Waals surface area contributed by atoms with Crippen molar-refractivity contribution in [2.75, 3.05) is 5.32 Å². The van der Waals surface area contributed by atoms with E-state index in [9.17, 15) is 4.79 Å². The van der Waals surface area contributed by atoms with E-state index in [2.05, 4.69) is 15.4 Å². The number of aromatic nitrogens is 3. The molecule has 0 saturated carbocycles. The molecule has 24 heavy (non-hydrogen) atoms. The number of rotatable bonds is 4. The lowest BCUT2D eigenvalue weighted by Crippen LogP contribution is -2.18. The molecule has 1 atom stereocenters. The van der Waals surface area contributed by atoms with Gasteiger partial charge in [-0.15, -0.1) is 0 Å². The first-order valence-electron chi connectivity index (χ1n) is 7.26. The van der Waals surface area contributed by atoms with Crippen LogP contribution in [0.3, 0.4) is 0 Å². The van der Waals surface area contributed by atoms with Gasteiger partial charge in [0.1, 0.15) is 5.82 Å². The zero-order valence-electron chi connectivity index (χ0n) is 12.8. The molecule has 0 aliphatic rings. The van der Waals surface area contributed by atoms with Gasteiger partial charge in [-0.25, -0.2) is 4.68 Å². The minimum absolute atomic E-state index is 0.199. The summed E-state index contributed by atoms with van der Waals surface area (Å²) >= 11 is 12.3. The molecule has 1 N–H and O–H groups in total. The number of hydrogen-bond acceptors (Lipinski definition) is 3. The van der Waals surface area contributed by atoms with E-state index in [-0.39, 0.29) is 11.9 Å². The quantitative estimate of drug-likeness (QED) is 0.747. The van der Waals surface area contributed by atoms with Gasteiger partial charge in [0.25, 0.3) is 5.91 Å². The molecule has 2 aromatic heterocycles. The fraction of sp³-hybridized carbons (Fsp3) is 0.118.